The Labute approximate surface area is 212 Å². The number of carbonyl (C=O) groups is 1. The van der Waals surface area contributed by atoms with Crippen molar-refractivity contribution in [2.45, 2.75) is 62.9 Å². The van der Waals surface area contributed by atoms with Gasteiger partial charge in [-0.05, 0) is 86.8 Å². The molecule has 4 aromatic rings. The zero-order chi connectivity index (χ0) is 25.9. The number of aromatic nitrogens is 3. The van der Waals surface area contributed by atoms with E-state index in [0.29, 0.717) is 53.4 Å². The summed E-state index contributed by atoms with van der Waals surface area (Å²) >= 11 is 0. The topological polar surface area (TPSA) is 100 Å². The van der Waals surface area contributed by atoms with Crippen LogP contribution >= 0.6 is 0 Å². The van der Waals surface area contributed by atoms with Gasteiger partial charge in [0.15, 0.2) is 11.4 Å². The van der Waals surface area contributed by atoms with E-state index >= 15 is 4.39 Å². The highest BCUT2D eigenvalue weighted by molar-refractivity contribution is 6.00. The Morgan fingerprint density at radius 3 is 2.54 bits per heavy atom. The number of carboxylic acids is 1. The van der Waals surface area contributed by atoms with Crippen molar-refractivity contribution in [3.05, 3.63) is 58.9 Å². The number of halogens is 2. The fourth-order valence-electron chi connectivity index (χ4n) is 6.28. The summed E-state index contributed by atoms with van der Waals surface area (Å²) in [6.45, 7) is 2.89. The fourth-order valence-corrected chi connectivity index (χ4v) is 6.28. The third-order valence-corrected chi connectivity index (χ3v) is 8.31. The number of hydrogen-bond acceptors (Lipinski definition) is 4. The van der Waals surface area contributed by atoms with Crippen molar-refractivity contribution in [3.63, 3.8) is 0 Å². The predicted molar refractivity (Wildman–Crippen MR) is 134 cm³/mol. The Morgan fingerprint density at radius 2 is 1.86 bits per heavy atom. The number of aryl methyl sites for hydroxylation is 1. The summed E-state index contributed by atoms with van der Waals surface area (Å²) in [7, 11) is 0. The van der Waals surface area contributed by atoms with Crippen LogP contribution in [0.3, 0.4) is 0 Å². The molecule has 1 aliphatic carbocycles. The Bertz CT molecular complexity index is 1510. The molecular weight excluding hydrogens is 480 g/mol. The number of aromatic amines is 1. The number of ether oxygens (including phenoxy) is 1. The molecule has 2 fully saturated rings. The molecule has 3 N–H and O–H groups in total. The molecule has 0 bridgehead atoms. The van der Waals surface area contributed by atoms with Gasteiger partial charge in [0.2, 0.25) is 0 Å². The minimum Gasteiger partial charge on any atom is -0.479 e. The highest BCUT2D eigenvalue weighted by Gasteiger charge is 2.42. The van der Waals surface area contributed by atoms with Crippen molar-refractivity contribution < 1.29 is 28.5 Å². The van der Waals surface area contributed by atoms with Crippen molar-refractivity contribution in [1.82, 2.24) is 14.8 Å². The van der Waals surface area contributed by atoms with E-state index in [2.05, 4.69) is 14.8 Å². The molecule has 1 saturated heterocycles. The molecule has 0 spiro atoms. The number of nitrogens with one attached hydrogen (secondary N) is 1. The van der Waals surface area contributed by atoms with Crippen LogP contribution in [0.2, 0.25) is 0 Å². The zero-order valence-corrected chi connectivity index (χ0v) is 20.6. The first-order valence-electron chi connectivity index (χ1n) is 12.8. The van der Waals surface area contributed by atoms with Gasteiger partial charge in [0.05, 0.1) is 11.7 Å². The summed E-state index contributed by atoms with van der Waals surface area (Å²) in [5.41, 5.74) is 2.28. The van der Waals surface area contributed by atoms with E-state index in [1.165, 1.54) is 6.07 Å². The van der Waals surface area contributed by atoms with Gasteiger partial charge in [0.25, 0.3) is 0 Å². The van der Waals surface area contributed by atoms with Gasteiger partial charge in [-0.2, -0.15) is 5.10 Å². The van der Waals surface area contributed by atoms with E-state index in [0.717, 1.165) is 29.8 Å². The molecule has 9 heteroatoms. The summed E-state index contributed by atoms with van der Waals surface area (Å²) < 4.78 is 38.3. The van der Waals surface area contributed by atoms with E-state index in [4.69, 9.17) is 4.74 Å². The quantitative estimate of drug-likeness (QED) is 0.339. The molecule has 0 atom stereocenters. The maximum atomic E-state index is 16.3. The van der Waals surface area contributed by atoms with Crippen molar-refractivity contribution in [1.29, 1.82) is 0 Å². The molecule has 1 saturated carbocycles. The van der Waals surface area contributed by atoms with Crippen LogP contribution in [0.4, 0.5) is 8.78 Å². The Hall–Kier alpha value is -3.30. The van der Waals surface area contributed by atoms with Gasteiger partial charge >= 0.3 is 5.97 Å². The van der Waals surface area contributed by atoms with Gasteiger partial charge in [0.1, 0.15) is 11.3 Å². The van der Waals surface area contributed by atoms with Gasteiger partial charge < -0.3 is 19.5 Å². The van der Waals surface area contributed by atoms with Crippen LogP contribution in [0.1, 0.15) is 67.2 Å². The minimum atomic E-state index is -1.77. The first-order valence-corrected chi connectivity index (χ1v) is 12.8. The molecule has 2 aromatic carbocycles. The first kappa shape index (κ1) is 24.1. The number of fused-ring (bicyclic) bond motifs is 2. The van der Waals surface area contributed by atoms with Gasteiger partial charge in [0, 0.05) is 41.3 Å². The average molecular weight is 510 g/mol. The normalized spacial score (nSPS) is 23.2. The van der Waals surface area contributed by atoms with Crippen LogP contribution in [0.15, 0.2) is 30.5 Å². The van der Waals surface area contributed by atoms with Crippen LogP contribution in [0.25, 0.3) is 27.5 Å². The van der Waals surface area contributed by atoms with E-state index < -0.39 is 17.4 Å². The summed E-state index contributed by atoms with van der Waals surface area (Å²) in [4.78, 5) is 11.7. The maximum Gasteiger partial charge on any atom is 0.335 e. The van der Waals surface area contributed by atoms with E-state index in [1.54, 1.807) is 25.3 Å². The van der Waals surface area contributed by atoms with Gasteiger partial charge in [-0.15, -0.1) is 0 Å². The van der Waals surface area contributed by atoms with Crippen LogP contribution < -0.4 is 0 Å². The number of benzene rings is 2. The fraction of sp³-hybridized carbons (Fsp3) is 0.429. The molecule has 2 aliphatic rings. The second-order valence-corrected chi connectivity index (χ2v) is 10.5. The molecule has 0 radical (unpaired) electrons. The summed E-state index contributed by atoms with van der Waals surface area (Å²) in [6.07, 6.45) is 4.13. The number of rotatable bonds is 4. The second-order valence-electron chi connectivity index (χ2n) is 10.5. The van der Waals surface area contributed by atoms with Crippen molar-refractivity contribution in [2.24, 2.45) is 0 Å². The summed E-state index contributed by atoms with van der Waals surface area (Å²) in [5, 5.41) is 28.1. The minimum absolute atomic E-state index is 0.0812. The molecule has 0 unspecified atom stereocenters. The smallest absolute Gasteiger partial charge is 0.335 e. The van der Waals surface area contributed by atoms with Gasteiger partial charge in [-0.25, -0.2) is 13.6 Å². The van der Waals surface area contributed by atoms with E-state index in [1.807, 2.05) is 6.07 Å². The molecule has 2 aromatic heterocycles. The molecule has 194 valence electrons. The van der Waals surface area contributed by atoms with Crippen LogP contribution in [0, 0.1) is 18.6 Å². The largest absolute Gasteiger partial charge is 0.479 e. The number of aliphatic hydroxyl groups is 1. The summed E-state index contributed by atoms with van der Waals surface area (Å²) in [5.74, 6) is -1.98. The number of aliphatic carboxylic acids is 1. The molecule has 6 rings (SSSR count). The van der Waals surface area contributed by atoms with Gasteiger partial charge in [-0.1, -0.05) is 0 Å². The maximum absolute atomic E-state index is 16.3. The van der Waals surface area contributed by atoms with Crippen LogP contribution in [0.5, 0.6) is 0 Å². The number of H-pyrrole nitrogens is 1. The molecule has 1 aliphatic heterocycles. The Morgan fingerprint density at radius 1 is 1.14 bits per heavy atom. The van der Waals surface area contributed by atoms with Gasteiger partial charge in [-0.3, -0.25) is 5.10 Å². The zero-order valence-electron chi connectivity index (χ0n) is 20.6. The second kappa shape index (κ2) is 8.92. The number of carboxylic acid groups (broad SMARTS) is 1. The SMILES string of the molecule is Cc1cc(-n2c(C3CCOCC3)c([C@H]3CC[C@](O)(C(=O)O)CC3)c3c(F)c4[nH]ncc4cc32)ccc1F. The third kappa shape index (κ3) is 3.83. The lowest BCUT2D eigenvalue weighted by Gasteiger charge is -2.34. The molecule has 0 amide bonds. The summed E-state index contributed by atoms with van der Waals surface area (Å²) in [6, 6.07) is 6.85. The lowest BCUT2D eigenvalue weighted by atomic mass is 9.74. The average Bonchev–Trinajstić information content (AvgIpc) is 3.50. The van der Waals surface area contributed by atoms with Crippen LogP contribution in [-0.4, -0.2) is 49.8 Å². The third-order valence-electron chi connectivity index (χ3n) is 8.31. The standard InChI is InChI=1S/C28H29F2N3O4/c1-15-12-19(2-3-20(15)29)33-21-13-18-14-31-32-25(18)24(30)23(21)22(26(33)17-6-10-37-11-7-17)16-4-8-28(36,9-5-16)27(34)35/h2-3,12-14,16-17,36H,4-11H2,1H3,(H,31,32)(H,34,35)/t16-,28+. The predicted octanol–water partition coefficient (Wildman–Crippen LogP) is 5.46. The Kier molecular flexibility index (Phi) is 5.80. The molecule has 3 heterocycles. The number of nitrogens with zero attached hydrogens (tertiary/aromatic N) is 2. The Balaban J connectivity index is 1.65. The van der Waals surface area contributed by atoms with E-state index in [9.17, 15) is 19.4 Å². The first-order chi connectivity index (χ1) is 17.8. The van der Waals surface area contributed by atoms with Crippen molar-refractivity contribution >= 4 is 27.8 Å². The van der Waals surface area contributed by atoms with Crippen molar-refractivity contribution in [3.8, 4) is 5.69 Å². The lowest BCUT2D eigenvalue weighted by Crippen LogP contribution is -2.41. The molecule has 37 heavy (non-hydrogen) atoms. The molecular formula is C28H29F2N3O4. The number of hydrogen-bond donors (Lipinski definition) is 3. The molecule has 7 nitrogen and oxygen atoms in total. The lowest BCUT2D eigenvalue weighted by molar-refractivity contribution is -0.162. The highest BCUT2D eigenvalue weighted by Crippen LogP contribution is 2.48. The van der Waals surface area contributed by atoms with Crippen LogP contribution in [-0.2, 0) is 9.53 Å². The monoisotopic (exact) mass is 509 g/mol. The highest BCUT2D eigenvalue weighted by atomic mass is 19.1. The van der Waals surface area contributed by atoms with E-state index in [-0.39, 0.29) is 30.5 Å². The van der Waals surface area contributed by atoms with Crippen molar-refractivity contribution in [2.75, 3.05) is 13.2 Å².